The van der Waals surface area contributed by atoms with Crippen LogP contribution in [0.1, 0.15) is 21.5 Å². The monoisotopic (exact) mass is 370 g/mol. The average Bonchev–Trinajstić information content (AvgIpc) is 2.64. The number of aryl methyl sites for hydroxylation is 1. The van der Waals surface area contributed by atoms with Crippen molar-refractivity contribution in [3.63, 3.8) is 0 Å². The first-order chi connectivity index (χ1) is 12.8. The summed E-state index contributed by atoms with van der Waals surface area (Å²) in [6.45, 7) is 1.89. The third-order valence-corrected chi connectivity index (χ3v) is 4.06. The van der Waals surface area contributed by atoms with Crippen molar-refractivity contribution >= 4 is 23.0 Å². The van der Waals surface area contributed by atoms with Crippen LogP contribution in [0.15, 0.2) is 72.8 Å². The number of hydrogen-bond donors (Lipinski definition) is 2. The maximum absolute atomic E-state index is 12.7. The van der Waals surface area contributed by atoms with Crippen LogP contribution in [0.2, 0.25) is 0 Å². The third-order valence-electron chi connectivity index (χ3n) is 4.06. The first kappa shape index (κ1) is 18.5. The van der Waals surface area contributed by atoms with Crippen molar-refractivity contribution in [2.24, 2.45) is 0 Å². The van der Waals surface area contributed by atoms with Gasteiger partial charge in [0.1, 0.15) is 0 Å². The summed E-state index contributed by atoms with van der Waals surface area (Å²) in [6, 6.07) is 18.9. The summed E-state index contributed by atoms with van der Waals surface area (Å²) >= 11 is 0. The van der Waals surface area contributed by atoms with Crippen LogP contribution in [0.4, 0.5) is 30.2 Å². The van der Waals surface area contributed by atoms with Crippen molar-refractivity contribution in [1.29, 1.82) is 0 Å². The second-order valence-corrected chi connectivity index (χ2v) is 6.01. The van der Waals surface area contributed by atoms with Crippen LogP contribution >= 0.6 is 0 Å². The molecule has 0 spiro atoms. The van der Waals surface area contributed by atoms with E-state index < -0.39 is 11.7 Å². The van der Waals surface area contributed by atoms with E-state index in [1.807, 2.05) is 25.1 Å². The Morgan fingerprint density at radius 3 is 2.04 bits per heavy atom. The smallest absolute Gasteiger partial charge is 0.355 e. The van der Waals surface area contributed by atoms with Gasteiger partial charge in [-0.25, -0.2) is 0 Å². The fourth-order valence-corrected chi connectivity index (χ4v) is 2.59. The average molecular weight is 370 g/mol. The minimum absolute atomic E-state index is 0.306. The Bertz CT molecular complexity index is 950. The minimum Gasteiger partial charge on any atom is -0.355 e. The van der Waals surface area contributed by atoms with Gasteiger partial charge in [-0.1, -0.05) is 30.3 Å². The third kappa shape index (κ3) is 4.47. The van der Waals surface area contributed by atoms with Crippen LogP contribution in [0.25, 0.3) is 0 Å². The van der Waals surface area contributed by atoms with Gasteiger partial charge in [0.15, 0.2) is 0 Å². The molecule has 6 heteroatoms. The molecule has 0 aliphatic rings. The Hall–Kier alpha value is -3.28. The molecule has 0 saturated carbocycles. The first-order valence-electron chi connectivity index (χ1n) is 8.25. The molecular formula is C21H17F3N2O. The predicted octanol–water partition coefficient (Wildman–Crippen LogP) is 6.01. The number of anilines is 3. The van der Waals surface area contributed by atoms with Gasteiger partial charge in [0.05, 0.1) is 16.8 Å². The molecule has 3 rings (SSSR count). The van der Waals surface area contributed by atoms with Gasteiger partial charge in [0, 0.05) is 11.4 Å². The number of benzene rings is 3. The Morgan fingerprint density at radius 1 is 0.815 bits per heavy atom. The van der Waals surface area contributed by atoms with Gasteiger partial charge in [0.25, 0.3) is 5.91 Å². The van der Waals surface area contributed by atoms with E-state index in [-0.39, 0.29) is 5.91 Å². The first-order valence-corrected chi connectivity index (χ1v) is 8.25. The zero-order chi connectivity index (χ0) is 19.4. The highest BCUT2D eigenvalue weighted by Gasteiger charge is 2.29. The van der Waals surface area contributed by atoms with E-state index in [2.05, 4.69) is 10.6 Å². The van der Waals surface area contributed by atoms with E-state index in [1.165, 1.54) is 12.1 Å². The zero-order valence-corrected chi connectivity index (χ0v) is 14.5. The number of para-hydroxylation sites is 2. The van der Waals surface area contributed by atoms with Crippen molar-refractivity contribution < 1.29 is 18.0 Å². The lowest BCUT2D eigenvalue weighted by molar-refractivity contribution is -0.137. The fraction of sp³-hybridized carbons (Fsp3) is 0.0952. The number of halogens is 3. The Balaban J connectivity index is 1.82. The fourth-order valence-electron chi connectivity index (χ4n) is 2.59. The standard InChI is InChI=1S/C21H17F3N2O/c1-14-6-2-4-8-18(14)26-20(27)17-7-3-5-9-19(17)25-16-12-10-15(11-13-16)21(22,23)24/h2-13,25H,1H3,(H,26,27). The van der Waals surface area contributed by atoms with Gasteiger partial charge in [0.2, 0.25) is 0 Å². The molecule has 0 aliphatic carbocycles. The van der Waals surface area contributed by atoms with Crippen LogP contribution in [-0.2, 0) is 6.18 Å². The molecule has 138 valence electrons. The highest BCUT2D eigenvalue weighted by atomic mass is 19.4. The molecule has 0 unspecified atom stereocenters. The molecule has 27 heavy (non-hydrogen) atoms. The molecule has 0 heterocycles. The predicted molar refractivity (Wildman–Crippen MR) is 100 cm³/mol. The Kier molecular flexibility index (Phi) is 5.16. The quantitative estimate of drug-likeness (QED) is 0.590. The van der Waals surface area contributed by atoms with Gasteiger partial charge >= 0.3 is 6.18 Å². The maximum atomic E-state index is 12.7. The maximum Gasteiger partial charge on any atom is 0.416 e. The zero-order valence-electron chi connectivity index (χ0n) is 14.5. The van der Waals surface area contributed by atoms with E-state index in [0.717, 1.165) is 17.7 Å². The van der Waals surface area contributed by atoms with Crippen molar-refractivity contribution in [3.8, 4) is 0 Å². The normalized spacial score (nSPS) is 11.1. The van der Waals surface area contributed by atoms with E-state index >= 15 is 0 Å². The largest absolute Gasteiger partial charge is 0.416 e. The van der Waals surface area contributed by atoms with Gasteiger partial charge < -0.3 is 10.6 Å². The SMILES string of the molecule is Cc1ccccc1NC(=O)c1ccccc1Nc1ccc(C(F)(F)F)cc1. The summed E-state index contributed by atoms with van der Waals surface area (Å²) in [5.74, 6) is -0.306. The van der Waals surface area contributed by atoms with Crippen LogP contribution in [-0.4, -0.2) is 5.91 Å². The summed E-state index contributed by atoms with van der Waals surface area (Å²) in [4.78, 5) is 12.7. The summed E-state index contributed by atoms with van der Waals surface area (Å²) in [5, 5.41) is 5.86. The lowest BCUT2D eigenvalue weighted by Crippen LogP contribution is -2.14. The molecule has 0 fully saturated rings. The van der Waals surface area contributed by atoms with Crippen molar-refractivity contribution in [1.82, 2.24) is 0 Å². The molecule has 0 bridgehead atoms. The molecule has 0 saturated heterocycles. The highest BCUT2D eigenvalue weighted by molar-refractivity contribution is 6.08. The molecular weight excluding hydrogens is 353 g/mol. The van der Waals surface area contributed by atoms with Gasteiger partial charge in [-0.3, -0.25) is 4.79 Å². The summed E-state index contributed by atoms with van der Waals surface area (Å²) < 4.78 is 38.0. The molecule has 0 aliphatic heterocycles. The number of nitrogens with one attached hydrogen (secondary N) is 2. The van der Waals surface area contributed by atoms with Gasteiger partial charge in [-0.2, -0.15) is 13.2 Å². The number of carbonyl (C=O) groups excluding carboxylic acids is 1. The second-order valence-electron chi connectivity index (χ2n) is 6.01. The molecule has 0 radical (unpaired) electrons. The van der Waals surface area contributed by atoms with E-state index in [4.69, 9.17) is 0 Å². The van der Waals surface area contributed by atoms with Crippen LogP contribution < -0.4 is 10.6 Å². The summed E-state index contributed by atoms with van der Waals surface area (Å²) in [7, 11) is 0. The van der Waals surface area contributed by atoms with Crippen LogP contribution in [0.3, 0.4) is 0 Å². The van der Waals surface area contributed by atoms with E-state index in [9.17, 15) is 18.0 Å². The van der Waals surface area contributed by atoms with Gasteiger partial charge in [-0.15, -0.1) is 0 Å². The van der Waals surface area contributed by atoms with Crippen LogP contribution in [0.5, 0.6) is 0 Å². The molecule has 3 aromatic rings. The Labute approximate surface area is 154 Å². The summed E-state index contributed by atoms with van der Waals surface area (Å²) in [6.07, 6.45) is -4.39. The molecule has 3 aromatic carbocycles. The molecule has 0 aromatic heterocycles. The van der Waals surface area contributed by atoms with Crippen molar-refractivity contribution in [2.75, 3.05) is 10.6 Å². The number of hydrogen-bond acceptors (Lipinski definition) is 2. The minimum atomic E-state index is -4.39. The number of carbonyl (C=O) groups is 1. The van der Waals surface area contributed by atoms with E-state index in [0.29, 0.717) is 22.6 Å². The molecule has 3 nitrogen and oxygen atoms in total. The lowest BCUT2D eigenvalue weighted by atomic mass is 10.1. The van der Waals surface area contributed by atoms with Crippen LogP contribution in [0, 0.1) is 6.92 Å². The highest BCUT2D eigenvalue weighted by Crippen LogP contribution is 2.31. The van der Waals surface area contributed by atoms with Crippen molar-refractivity contribution in [3.05, 3.63) is 89.5 Å². The molecule has 2 N–H and O–H groups in total. The lowest BCUT2D eigenvalue weighted by Gasteiger charge is -2.14. The summed E-state index contributed by atoms with van der Waals surface area (Å²) in [5.41, 5.74) is 2.26. The Morgan fingerprint density at radius 2 is 1.41 bits per heavy atom. The number of amides is 1. The number of alkyl halides is 3. The van der Waals surface area contributed by atoms with Crippen molar-refractivity contribution in [2.45, 2.75) is 13.1 Å². The molecule has 1 amide bonds. The second kappa shape index (κ2) is 7.53. The topological polar surface area (TPSA) is 41.1 Å². The molecule has 0 atom stereocenters. The van der Waals surface area contributed by atoms with Gasteiger partial charge in [-0.05, 0) is 55.0 Å². The van der Waals surface area contributed by atoms with E-state index in [1.54, 1.807) is 30.3 Å². The number of rotatable bonds is 4.